The number of carbonyl (C=O) groups is 1. The lowest BCUT2D eigenvalue weighted by Gasteiger charge is -2.13. The molecule has 0 radical (unpaired) electrons. The first-order chi connectivity index (χ1) is 14.2. The second-order valence-corrected chi connectivity index (χ2v) is 6.51. The Labute approximate surface area is 167 Å². The number of imidazole rings is 1. The average molecular weight is 394 g/mol. The highest BCUT2D eigenvalue weighted by molar-refractivity contribution is 5.82. The average Bonchev–Trinajstić information content (AvgIpc) is 3.35. The molecule has 8 heteroatoms. The van der Waals surface area contributed by atoms with Gasteiger partial charge in [-0.05, 0) is 24.6 Å². The summed E-state index contributed by atoms with van der Waals surface area (Å²) in [5.74, 6) is 0.963. The largest absolute Gasteiger partial charge is 0.475 e. The van der Waals surface area contributed by atoms with Gasteiger partial charge in [0.2, 0.25) is 11.8 Å². The number of benzene rings is 1. The Balaban J connectivity index is 1.46. The second-order valence-electron chi connectivity index (χ2n) is 6.51. The third kappa shape index (κ3) is 3.93. The predicted octanol–water partition coefficient (Wildman–Crippen LogP) is 3.06. The number of aromatic nitrogens is 3. The lowest BCUT2D eigenvalue weighted by Crippen LogP contribution is -2.37. The minimum absolute atomic E-state index is 0.149. The molecule has 1 amide bonds. The molecule has 1 aromatic carbocycles. The number of ether oxygens (including phenoxy) is 2. The zero-order valence-corrected chi connectivity index (χ0v) is 16.3. The van der Waals surface area contributed by atoms with Crippen LogP contribution in [0, 0.1) is 0 Å². The number of furan rings is 1. The summed E-state index contributed by atoms with van der Waals surface area (Å²) in [6.45, 7) is 2.55. The first kappa shape index (κ1) is 18.9. The maximum absolute atomic E-state index is 11.9. The fourth-order valence-corrected chi connectivity index (χ4v) is 3.11. The van der Waals surface area contributed by atoms with Crippen LogP contribution in [0.15, 0.2) is 53.1 Å². The molecule has 0 aliphatic heterocycles. The minimum atomic E-state index is -0.443. The van der Waals surface area contributed by atoms with E-state index in [9.17, 15) is 4.79 Å². The van der Waals surface area contributed by atoms with Crippen LogP contribution < -0.4 is 10.1 Å². The monoisotopic (exact) mass is 394 g/mol. The summed E-state index contributed by atoms with van der Waals surface area (Å²) in [6, 6.07) is 13.3. The molecule has 0 fully saturated rings. The van der Waals surface area contributed by atoms with Gasteiger partial charge in [-0.1, -0.05) is 25.1 Å². The Bertz CT molecular complexity index is 1100. The van der Waals surface area contributed by atoms with Crippen molar-refractivity contribution in [2.24, 2.45) is 0 Å². The molecule has 4 rings (SSSR count). The van der Waals surface area contributed by atoms with Crippen LogP contribution in [0.25, 0.3) is 28.1 Å². The van der Waals surface area contributed by atoms with Crippen LogP contribution in [0.2, 0.25) is 0 Å². The van der Waals surface area contributed by atoms with Gasteiger partial charge in [0, 0.05) is 18.6 Å². The van der Waals surface area contributed by atoms with Gasteiger partial charge >= 0.3 is 0 Å². The Morgan fingerprint density at radius 1 is 1.28 bits per heavy atom. The molecule has 3 heterocycles. The third-order valence-corrected chi connectivity index (χ3v) is 4.61. The lowest BCUT2D eigenvalue weighted by molar-refractivity contribution is -0.131. The zero-order chi connectivity index (χ0) is 20.2. The van der Waals surface area contributed by atoms with Crippen LogP contribution in [0.1, 0.15) is 13.3 Å². The Morgan fingerprint density at radius 3 is 2.93 bits per heavy atom. The van der Waals surface area contributed by atoms with Crippen molar-refractivity contribution in [2.75, 3.05) is 20.3 Å². The summed E-state index contributed by atoms with van der Waals surface area (Å²) in [5.41, 5.74) is 2.23. The number of carbonyl (C=O) groups excluding carboxylic acids is 1. The number of rotatable bonds is 8. The van der Waals surface area contributed by atoms with E-state index < -0.39 is 6.10 Å². The molecule has 150 valence electrons. The van der Waals surface area contributed by atoms with E-state index in [-0.39, 0.29) is 5.91 Å². The van der Waals surface area contributed by atoms with Crippen LogP contribution in [-0.4, -0.2) is 46.9 Å². The van der Waals surface area contributed by atoms with E-state index in [1.54, 1.807) is 16.8 Å². The van der Waals surface area contributed by atoms with Gasteiger partial charge in [0.15, 0.2) is 11.4 Å². The van der Waals surface area contributed by atoms with Crippen LogP contribution >= 0.6 is 0 Å². The molecule has 0 saturated carbocycles. The third-order valence-electron chi connectivity index (χ3n) is 4.61. The Hall–Kier alpha value is -3.39. The number of methoxy groups -OCH3 is 1. The van der Waals surface area contributed by atoms with Crippen LogP contribution in [-0.2, 0) is 9.53 Å². The van der Waals surface area contributed by atoms with E-state index in [0.29, 0.717) is 36.9 Å². The van der Waals surface area contributed by atoms with Crippen molar-refractivity contribution in [3.05, 3.63) is 48.7 Å². The minimum Gasteiger partial charge on any atom is -0.475 e. The van der Waals surface area contributed by atoms with Gasteiger partial charge in [-0.15, -0.1) is 5.10 Å². The summed E-state index contributed by atoms with van der Waals surface area (Å²) in [6.07, 6.45) is 1.90. The molecular formula is C21H22N4O4. The van der Waals surface area contributed by atoms with Crippen LogP contribution in [0.4, 0.5) is 0 Å². The van der Waals surface area contributed by atoms with Crippen molar-refractivity contribution in [1.82, 2.24) is 19.9 Å². The molecule has 3 aromatic heterocycles. The number of fused-ring (bicyclic) bond motifs is 2. The molecule has 8 nitrogen and oxygen atoms in total. The molecule has 1 N–H and O–H groups in total. The van der Waals surface area contributed by atoms with Gasteiger partial charge in [0.1, 0.15) is 24.0 Å². The highest BCUT2D eigenvalue weighted by Crippen LogP contribution is 2.28. The first-order valence-electron chi connectivity index (χ1n) is 9.46. The molecule has 0 aliphatic rings. The van der Waals surface area contributed by atoms with Crippen molar-refractivity contribution in [1.29, 1.82) is 0 Å². The fraction of sp³-hybridized carbons (Fsp3) is 0.286. The SMILES string of the molecule is CCC(OC)C(=O)NCCOc1ccc2ncc(-c3cc4ccccc4o3)n2n1. The number of nitrogens with zero attached hydrogens (tertiary/aromatic N) is 3. The first-order valence-corrected chi connectivity index (χ1v) is 9.46. The van der Waals surface area contributed by atoms with Crippen molar-refractivity contribution >= 4 is 22.5 Å². The summed E-state index contributed by atoms with van der Waals surface area (Å²) >= 11 is 0. The van der Waals surface area contributed by atoms with Crippen molar-refractivity contribution < 1.29 is 18.7 Å². The Morgan fingerprint density at radius 2 is 2.14 bits per heavy atom. The number of para-hydroxylation sites is 1. The molecular weight excluding hydrogens is 372 g/mol. The van der Waals surface area contributed by atoms with Crippen LogP contribution in [0.3, 0.4) is 0 Å². The fourth-order valence-electron chi connectivity index (χ4n) is 3.11. The molecule has 1 atom stereocenters. The van der Waals surface area contributed by atoms with Gasteiger partial charge in [-0.25, -0.2) is 9.50 Å². The van der Waals surface area contributed by atoms with Gasteiger partial charge < -0.3 is 19.2 Å². The quantitative estimate of drug-likeness (QED) is 0.462. The number of hydrogen-bond acceptors (Lipinski definition) is 6. The standard InChI is InChI=1S/C21H22N4O4/c1-3-16(27-2)21(26)22-10-11-28-20-9-8-19-23-13-15(25(19)24-20)18-12-14-6-4-5-7-17(14)29-18/h4-9,12-13,16H,3,10-11H2,1-2H3,(H,22,26). The number of amides is 1. The second kappa shape index (κ2) is 8.32. The molecule has 1 unspecified atom stereocenters. The molecule has 0 spiro atoms. The summed E-state index contributed by atoms with van der Waals surface area (Å²) in [5, 5.41) is 8.30. The van der Waals surface area contributed by atoms with Crippen molar-refractivity contribution in [3.63, 3.8) is 0 Å². The highest BCUT2D eigenvalue weighted by atomic mass is 16.5. The van der Waals surface area contributed by atoms with E-state index in [1.165, 1.54) is 7.11 Å². The number of hydrogen-bond donors (Lipinski definition) is 1. The van der Waals surface area contributed by atoms with Gasteiger partial charge in [0.25, 0.3) is 0 Å². The molecule has 29 heavy (non-hydrogen) atoms. The van der Waals surface area contributed by atoms with E-state index in [4.69, 9.17) is 13.9 Å². The van der Waals surface area contributed by atoms with E-state index in [2.05, 4.69) is 15.4 Å². The summed E-state index contributed by atoms with van der Waals surface area (Å²) in [7, 11) is 1.52. The summed E-state index contributed by atoms with van der Waals surface area (Å²) in [4.78, 5) is 16.3. The molecule has 0 aliphatic carbocycles. The van der Waals surface area contributed by atoms with Gasteiger partial charge in [-0.3, -0.25) is 4.79 Å². The normalized spacial score (nSPS) is 12.3. The zero-order valence-electron chi connectivity index (χ0n) is 16.3. The predicted molar refractivity (Wildman–Crippen MR) is 108 cm³/mol. The Kier molecular flexibility index (Phi) is 5.44. The van der Waals surface area contributed by atoms with E-state index in [1.807, 2.05) is 43.3 Å². The smallest absolute Gasteiger partial charge is 0.249 e. The van der Waals surface area contributed by atoms with Crippen molar-refractivity contribution in [2.45, 2.75) is 19.4 Å². The van der Waals surface area contributed by atoms with Crippen molar-refractivity contribution in [3.8, 4) is 17.3 Å². The number of nitrogens with one attached hydrogen (secondary N) is 1. The van der Waals surface area contributed by atoms with Crippen LogP contribution in [0.5, 0.6) is 5.88 Å². The van der Waals surface area contributed by atoms with E-state index >= 15 is 0 Å². The summed E-state index contributed by atoms with van der Waals surface area (Å²) < 4.78 is 18.4. The van der Waals surface area contributed by atoms with Gasteiger partial charge in [0.05, 0.1) is 12.7 Å². The molecule has 4 aromatic rings. The topological polar surface area (TPSA) is 90.9 Å². The van der Waals surface area contributed by atoms with E-state index in [0.717, 1.165) is 16.7 Å². The maximum Gasteiger partial charge on any atom is 0.249 e. The highest BCUT2D eigenvalue weighted by Gasteiger charge is 2.15. The maximum atomic E-state index is 11.9. The molecule has 0 bridgehead atoms. The molecule has 0 saturated heterocycles. The van der Waals surface area contributed by atoms with Gasteiger partial charge in [-0.2, -0.15) is 0 Å². The lowest BCUT2D eigenvalue weighted by atomic mass is 10.2.